The van der Waals surface area contributed by atoms with E-state index >= 15 is 0 Å². The Hall–Kier alpha value is -0.690. The minimum absolute atomic E-state index is 0.303. The number of para-hydroxylation sites is 1. The fourth-order valence-corrected chi connectivity index (χ4v) is 3.39. The zero-order valence-electron chi connectivity index (χ0n) is 9.42. The van der Waals surface area contributed by atoms with E-state index in [0.29, 0.717) is 11.3 Å². The first-order chi connectivity index (χ1) is 7.86. The molecule has 1 nitrogen and oxygen atoms in total. The lowest BCUT2D eigenvalue weighted by atomic mass is 9.92. The van der Waals surface area contributed by atoms with Crippen molar-refractivity contribution in [1.29, 1.82) is 0 Å². The molecule has 0 N–H and O–H groups in total. The molecule has 1 aliphatic heterocycles. The molecule has 1 saturated carbocycles. The van der Waals surface area contributed by atoms with E-state index in [1.165, 1.54) is 24.0 Å². The summed E-state index contributed by atoms with van der Waals surface area (Å²) in [5.74, 6) is 1.65. The first-order valence-corrected chi connectivity index (χ1v) is 6.68. The highest BCUT2D eigenvalue weighted by Crippen LogP contribution is 2.43. The predicted octanol–water partition coefficient (Wildman–Crippen LogP) is 3.89. The van der Waals surface area contributed by atoms with Crippen LogP contribution in [0.5, 0.6) is 5.75 Å². The van der Waals surface area contributed by atoms with Gasteiger partial charge in [-0.15, -0.1) is 11.6 Å². The molecule has 1 aromatic carbocycles. The average molecular weight is 237 g/mol. The van der Waals surface area contributed by atoms with E-state index in [4.69, 9.17) is 16.3 Å². The summed E-state index contributed by atoms with van der Waals surface area (Å²) >= 11 is 6.40. The Balaban J connectivity index is 2.00. The molecule has 0 amide bonds. The van der Waals surface area contributed by atoms with Gasteiger partial charge in [0, 0.05) is 11.3 Å². The summed E-state index contributed by atoms with van der Waals surface area (Å²) in [5, 5.41) is 0.303. The molecule has 2 heteroatoms. The van der Waals surface area contributed by atoms with E-state index in [9.17, 15) is 0 Å². The maximum absolute atomic E-state index is 6.40. The standard InChI is InChI=1S/C14H17ClO/c15-13-8-2-6-11(13)12-7-1-4-10-5-3-9-16-14(10)12/h1,4,7,11,13H,2-3,5-6,8-9H2. The Bertz CT molecular complexity index is 388. The summed E-state index contributed by atoms with van der Waals surface area (Å²) in [6.07, 6.45) is 5.92. The van der Waals surface area contributed by atoms with Crippen LogP contribution in [-0.4, -0.2) is 12.0 Å². The van der Waals surface area contributed by atoms with Gasteiger partial charge in [0.2, 0.25) is 0 Å². The van der Waals surface area contributed by atoms with Crippen LogP contribution in [-0.2, 0) is 6.42 Å². The molecule has 3 rings (SSSR count). The van der Waals surface area contributed by atoms with Gasteiger partial charge in [0.15, 0.2) is 0 Å². The molecule has 1 fully saturated rings. The molecule has 0 saturated heterocycles. The van der Waals surface area contributed by atoms with Crippen LogP contribution >= 0.6 is 11.6 Å². The molecule has 0 radical (unpaired) electrons. The monoisotopic (exact) mass is 236 g/mol. The highest BCUT2D eigenvalue weighted by atomic mass is 35.5. The van der Waals surface area contributed by atoms with Crippen LogP contribution in [0.25, 0.3) is 0 Å². The third-order valence-corrected chi connectivity index (χ3v) is 4.32. The third-order valence-electron chi connectivity index (χ3n) is 3.79. The first kappa shape index (κ1) is 10.5. The fourth-order valence-electron chi connectivity index (χ4n) is 2.97. The Morgan fingerprint density at radius 3 is 2.94 bits per heavy atom. The molecule has 2 unspecified atom stereocenters. The number of fused-ring (bicyclic) bond motifs is 1. The molecule has 16 heavy (non-hydrogen) atoms. The van der Waals surface area contributed by atoms with Crippen molar-refractivity contribution in [2.45, 2.75) is 43.4 Å². The summed E-state index contributed by atoms with van der Waals surface area (Å²) in [7, 11) is 0. The summed E-state index contributed by atoms with van der Waals surface area (Å²) in [6.45, 7) is 0.865. The van der Waals surface area contributed by atoms with Crippen molar-refractivity contribution in [1.82, 2.24) is 0 Å². The fraction of sp³-hybridized carbons (Fsp3) is 0.571. The van der Waals surface area contributed by atoms with Gasteiger partial charge in [-0.2, -0.15) is 0 Å². The molecule has 2 aliphatic rings. The molecular weight excluding hydrogens is 220 g/mol. The summed E-state index contributed by atoms with van der Waals surface area (Å²) in [5.41, 5.74) is 2.73. The van der Waals surface area contributed by atoms with Crippen LogP contribution in [0.15, 0.2) is 18.2 Å². The molecule has 0 spiro atoms. The number of rotatable bonds is 1. The number of alkyl halides is 1. The van der Waals surface area contributed by atoms with Gasteiger partial charge in [-0.25, -0.2) is 0 Å². The van der Waals surface area contributed by atoms with E-state index in [1.54, 1.807) is 0 Å². The molecular formula is C14H17ClO. The van der Waals surface area contributed by atoms with E-state index in [2.05, 4.69) is 18.2 Å². The number of benzene rings is 1. The van der Waals surface area contributed by atoms with Gasteiger partial charge < -0.3 is 4.74 Å². The highest BCUT2D eigenvalue weighted by Gasteiger charge is 2.30. The topological polar surface area (TPSA) is 9.23 Å². The average Bonchev–Trinajstić information content (AvgIpc) is 2.75. The normalized spacial score (nSPS) is 28.6. The number of aryl methyl sites for hydroxylation is 1. The van der Waals surface area contributed by atoms with Crippen LogP contribution < -0.4 is 4.74 Å². The number of halogens is 1. The van der Waals surface area contributed by atoms with Crippen LogP contribution in [0.3, 0.4) is 0 Å². The van der Waals surface area contributed by atoms with Crippen LogP contribution in [0.4, 0.5) is 0 Å². The van der Waals surface area contributed by atoms with Crippen molar-refractivity contribution < 1.29 is 4.74 Å². The maximum atomic E-state index is 6.40. The minimum Gasteiger partial charge on any atom is -0.493 e. The second kappa shape index (κ2) is 4.29. The Morgan fingerprint density at radius 1 is 1.19 bits per heavy atom. The SMILES string of the molecule is ClC1CCCC1c1cccc2c1OCCC2. The molecule has 1 aliphatic carbocycles. The van der Waals surface area contributed by atoms with E-state index in [-0.39, 0.29) is 0 Å². The number of ether oxygens (including phenoxy) is 1. The molecule has 1 aromatic rings. The lowest BCUT2D eigenvalue weighted by Crippen LogP contribution is -2.14. The smallest absolute Gasteiger partial charge is 0.125 e. The second-order valence-electron chi connectivity index (χ2n) is 4.84. The second-order valence-corrected chi connectivity index (χ2v) is 5.40. The highest BCUT2D eigenvalue weighted by molar-refractivity contribution is 6.21. The van der Waals surface area contributed by atoms with Crippen molar-refractivity contribution >= 4 is 11.6 Å². The lowest BCUT2D eigenvalue weighted by molar-refractivity contribution is 0.283. The molecule has 86 valence electrons. The van der Waals surface area contributed by atoms with Crippen molar-refractivity contribution in [2.24, 2.45) is 0 Å². The minimum atomic E-state index is 0.303. The van der Waals surface area contributed by atoms with Gasteiger partial charge in [-0.1, -0.05) is 24.6 Å². The summed E-state index contributed by atoms with van der Waals surface area (Å²) in [6, 6.07) is 6.55. The van der Waals surface area contributed by atoms with Gasteiger partial charge in [-0.3, -0.25) is 0 Å². The Kier molecular flexibility index (Phi) is 2.81. The van der Waals surface area contributed by atoms with Crippen molar-refractivity contribution in [3.63, 3.8) is 0 Å². The number of hydrogen-bond donors (Lipinski definition) is 0. The van der Waals surface area contributed by atoms with Gasteiger partial charge in [0.1, 0.15) is 5.75 Å². The molecule has 0 bridgehead atoms. The Morgan fingerprint density at radius 2 is 2.12 bits per heavy atom. The zero-order valence-corrected chi connectivity index (χ0v) is 10.2. The third kappa shape index (κ3) is 1.71. The molecule has 2 atom stereocenters. The van der Waals surface area contributed by atoms with E-state index < -0.39 is 0 Å². The van der Waals surface area contributed by atoms with Crippen LogP contribution in [0.1, 0.15) is 42.7 Å². The summed E-state index contributed by atoms with van der Waals surface area (Å²) < 4.78 is 5.86. The zero-order chi connectivity index (χ0) is 11.0. The van der Waals surface area contributed by atoms with E-state index in [0.717, 1.165) is 31.6 Å². The summed E-state index contributed by atoms with van der Waals surface area (Å²) in [4.78, 5) is 0. The van der Waals surface area contributed by atoms with Crippen LogP contribution in [0, 0.1) is 0 Å². The first-order valence-electron chi connectivity index (χ1n) is 6.25. The van der Waals surface area contributed by atoms with Crippen molar-refractivity contribution in [3.8, 4) is 5.75 Å². The molecule has 1 heterocycles. The quantitative estimate of drug-likeness (QED) is 0.673. The molecule has 0 aromatic heterocycles. The van der Waals surface area contributed by atoms with E-state index in [1.807, 2.05) is 0 Å². The predicted molar refractivity (Wildman–Crippen MR) is 66.5 cm³/mol. The van der Waals surface area contributed by atoms with Gasteiger partial charge in [0.25, 0.3) is 0 Å². The van der Waals surface area contributed by atoms with Gasteiger partial charge in [0.05, 0.1) is 6.61 Å². The number of hydrogen-bond acceptors (Lipinski definition) is 1. The van der Waals surface area contributed by atoms with Gasteiger partial charge in [-0.05, 0) is 36.8 Å². The van der Waals surface area contributed by atoms with Crippen molar-refractivity contribution in [3.05, 3.63) is 29.3 Å². The van der Waals surface area contributed by atoms with Crippen LogP contribution in [0.2, 0.25) is 0 Å². The van der Waals surface area contributed by atoms with Gasteiger partial charge >= 0.3 is 0 Å². The maximum Gasteiger partial charge on any atom is 0.125 e. The Labute approximate surface area is 102 Å². The lowest BCUT2D eigenvalue weighted by Gasteiger charge is -2.24. The van der Waals surface area contributed by atoms with Crippen molar-refractivity contribution in [2.75, 3.05) is 6.61 Å². The largest absolute Gasteiger partial charge is 0.493 e.